The van der Waals surface area contributed by atoms with Crippen molar-refractivity contribution in [2.75, 3.05) is 28.8 Å². The number of hydrogen-bond donors (Lipinski definition) is 1. The van der Waals surface area contributed by atoms with Crippen molar-refractivity contribution < 1.29 is 0 Å². The zero-order chi connectivity index (χ0) is 7.66. The number of rotatable bonds is 7. The van der Waals surface area contributed by atoms with E-state index in [0.29, 0.717) is 0 Å². The van der Waals surface area contributed by atoms with Crippen LogP contribution in [0.4, 0.5) is 0 Å². The van der Waals surface area contributed by atoms with E-state index in [1.54, 1.807) is 0 Å². The molecule has 0 amide bonds. The van der Waals surface area contributed by atoms with E-state index in [0.717, 1.165) is 5.75 Å². The fourth-order valence-corrected chi connectivity index (χ4v) is 2.69. The fraction of sp³-hybridized carbons (Fsp3) is 1.00. The fourth-order valence-electron chi connectivity index (χ4n) is 0.531. The van der Waals surface area contributed by atoms with Gasteiger partial charge in [0.25, 0.3) is 0 Å². The van der Waals surface area contributed by atoms with Crippen LogP contribution in [0.5, 0.6) is 0 Å². The van der Waals surface area contributed by atoms with E-state index >= 15 is 0 Å². The molecule has 10 heavy (non-hydrogen) atoms. The molecular weight excluding hydrogens is 180 g/mol. The summed E-state index contributed by atoms with van der Waals surface area (Å²) in [6, 6.07) is 0. The molecule has 0 aliphatic rings. The highest BCUT2D eigenvalue weighted by molar-refractivity contribution is 8.02. The van der Waals surface area contributed by atoms with E-state index in [2.05, 4.69) is 19.6 Å². The second-order valence-electron chi connectivity index (χ2n) is 1.89. The third-order valence-corrected chi connectivity index (χ3v) is 3.57. The van der Waals surface area contributed by atoms with Crippen LogP contribution in [-0.2, 0) is 0 Å². The van der Waals surface area contributed by atoms with Crippen molar-refractivity contribution in [3.05, 3.63) is 0 Å². The molecule has 0 saturated carbocycles. The molecule has 0 atom stereocenters. The van der Waals surface area contributed by atoms with Gasteiger partial charge in [-0.05, 0) is 23.7 Å². The highest BCUT2D eigenvalue weighted by Gasteiger charge is 1.87. The van der Waals surface area contributed by atoms with Gasteiger partial charge in [0.1, 0.15) is 0 Å². The van der Waals surface area contributed by atoms with Crippen LogP contribution in [0, 0.1) is 0 Å². The summed E-state index contributed by atoms with van der Waals surface area (Å²) >= 11 is 8.22. The minimum atomic E-state index is 1.04. The lowest BCUT2D eigenvalue weighted by Crippen LogP contribution is -1.87. The minimum Gasteiger partial charge on any atom is -0.179 e. The van der Waals surface area contributed by atoms with E-state index in [9.17, 15) is 0 Å². The third kappa shape index (κ3) is 9.05. The smallest absolute Gasteiger partial charge is 0.00235 e. The maximum absolute atomic E-state index is 4.15. The minimum absolute atomic E-state index is 1.04. The monoisotopic (exact) mass is 196 g/mol. The lowest BCUT2D eigenvalue weighted by Gasteiger charge is -1.97. The summed E-state index contributed by atoms with van der Waals surface area (Å²) in [6.07, 6.45) is 1.25. The molecule has 0 N–H and O–H groups in total. The molecule has 0 spiro atoms. The SMILES string of the molecule is CCSCCSCCCS. The number of hydrogen-bond acceptors (Lipinski definition) is 3. The average molecular weight is 196 g/mol. The van der Waals surface area contributed by atoms with Crippen molar-refractivity contribution in [3.63, 3.8) is 0 Å². The van der Waals surface area contributed by atoms with Gasteiger partial charge in [0, 0.05) is 11.5 Å². The molecule has 62 valence electrons. The highest BCUT2D eigenvalue weighted by atomic mass is 32.2. The van der Waals surface area contributed by atoms with Crippen LogP contribution >= 0.6 is 36.2 Å². The van der Waals surface area contributed by atoms with Gasteiger partial charge >= 0.3 is 0 Å². The Morgan fingerprint density at radius 1 is 1.10 bits per heavy atom. The van der Waals surface area contributed by atoms with E-state index in [4.69, 9.17) is 0 Å². The topological polar surface area (TPSA) is 0 Å². The predicted molar refractivity (Wildman–Crippen MR) is 58.8 cm³/mol. The van der Waals surface area contributed by atoms with E-state index in [1.807, 2.05) is 23.5 Å². The van der Waals surface area contributed by atoms with Crippen LogP contribution in [0.15, 0.2) is 0 Å². The summed E-state index contributed by atoms with van der Waals surface area (Å²) in [7, 11) is 0. The van der Waals surface area contributed by atoms with Crippen molar-refractivity contribution in [2.45, 2.75) is 13.3 Å². The molecule has 0 aromatic heterocycles. The van der Waals surface area contributed by atoms with Crippen molar-refractivity contribution >= 4 is 36.2 Å². The summed E-state index contributed by atoms with van der Waals surface area (Å²) in [5.41, 5.74) is 0. The van der Waals surface area contributed by atoms with E-state index in [-0.39, 0.29) is 0 Å². The summed E-state index contributed by atoms with van der Waals surface area (Å²) in [4.78, 5) is 0. The molecule has 0 aromatic rings. The molecular formula is C7H16S3. The zero-order valence-electron chi connectivity index (χ0n) is 6.51. The van der Waals surface area contributed by atoms with Gasteiger partial charge in [-0.1, -0.05) is 6.92 Å². The Hall–Kier alpha value is 1.05. The van der Waals surface area contributed by atoms with Gasteiger partial charge in [-0.3, -0.25) is 0 Å². The Bertz CT molecular complexity index is 48.8. The number of thiol groups is 1. The lowest BCUT2D eigenvalue weighted by molar-refractivity contribution is 1.13. The third-order valence-electron chi connectivity index (χ3n) is 1.02. The molecule has 0 fully saturated rings. The molecule has 0 saturated heterocycles. The van der Waals surface area contributed by atoms with Gasteiger partial charge in [0.05, 0.1) is 0 Å². The van der Waals surface area contributed by atoms with Crippen molar-refractivity contribution in [3.8, 4) is 0 Å². The van der Waals surface area contributed by atoms with Crippen molar-refractivity contribution in [1.82, 2.24) is 0 Å². The van der Waals surface area contributed by atoms with Gasteiger partial charge < -0.3 is 0 Å². The molecule has 0 heterocycles. The summed E-state index contributed by atoms with van der Waals surface area (Å²) in [5.74, 6) is 6.20. The maximum Gasteiger partial charge on any atom is 0.00235 e. The summed E-state index contributed by atoms with van der Waals surface area (Å²) < 4.78 is 0. The summed E-state index contributed by atoms with van der Waals surface area (Å²) in [6.45, 7) is 2.21. The standard InChI is InChI=1S/C7H16S3/c1-2-9-6-7-10-5-3-4-8/h8H,2-7H2,1H3. The van der Waals surface area contributed by atoms with Crippen LogP contribution in [0.25, 0.3) is 0 Å². The van der Waals surface area contributed by atoms with E-state index < -0.39 is 0 Å². The molecule has 0 aliphatic carbocycles. The lowest BCUT2D eigenvalue weighted by atomic mass is 10.6. The Kier molecular flexibility index (Phi) is 11.1. The first-order valence-electron chi connectivity index (χ1n) is 3.68. The Morgan fingerprint density at radius 2 is 1.80 bits per heavy atom. The molecule has 0 aliphatic heterocycles. The van der Waals surface area contributed by atoms with Gasteiger partial charge in [-0.25, -0.2) is 0 Å². The predicted octanol–water partition coefficient (Wildman–Crippen LogP) is 2.79. The quantitative estimate of drug-likeness (QED) is 0.491. The Labute approximate surface area is 78.3 Å². The van der Waals surface area contributed by atoms with Gasteiger partial charge in [0.2, 0.25) is 0 Å². The van der Waals surface area contributed by atoms with Gasteiger partial charge in [0.15, 0.2) is 0 Å². The number of thioether (sulfide) groups is 2. The van der Waals surface area contributed by atoms with Crippen LogP contribution < -0.4 is 0 Å². The molecule has 0 bridgehead atoms. The average Bonchev–Trinajstić information content (AvgIpc) is 1.97. The molecule has 0 rings (SSSR count). The molecule has 0 unspecified atom stereocenters. The first-order chi connectivity index (χ1) is 4.91. The van der Waals surface area contributed by atoms with Gasteiger partial charge in [-0.2, -0.15) is 36.2 Å². The summed E-state index contributed by atoms with van der Waals surface area (Å²) in [5, 5.41) is 0. The van der Waals surface area contributed by atoms with Crippen LogP contribution in [-0.4, -0.2) is 28.8 Å². The van der Waals surface area contributed by atoms with Crippen LogP contribution in [0.2, 0.25) is 0 Å². The Morgan fingerprint density at radius 3 is 2.40 bits per heavy atom. The molecule has 3 heteroatoms. The van der Waals surface area contributed by atoms with Crippen molar-refractivity contribution in [1.29, 1.82) is 0 Å². The van der Waals surface area contributed by atoms with Crippen LogP contribution in [0.3, 0.4) is 0 Å². The first-order valence-corrected chi connectivity index (χ1v) is 6.62. The second-order valence-corrected chi connectivity index (χ2v) is 4.95. The highest BCUT2D eigenvalue weighted by Crippen LogP contribution is 2.07. The van der Waals surface area contributed by atoms with Crippen molar-refractivity contribution in [2.24, 2.45) is 0 Å². The Balaban J connectivity index is 2.65. The molecule has 0 aromatic carbocycles. The first kappa shape index (κ1) is 11.1. The molecule has 0 radical (unpaired) electrons. The zero-order valence-corrected chi connectivity index (χ0v) is 9.03. The largest absolute Gasteiger partial charge is 0.179 e. The van der Waals surface area contributed by atoms with Crippen LogP contribution in [0.1, 0.15) is 13.3 Å². The molecule has 0 nitrogen and oxygen atoms in total. The van der Waals surface area contributed by atoms with Gasteiger partial charge in [-0.15, -0.1) is 0 Å². The normalized spacial score (nSPS) is 10.2. The van der Waals surface area contributed by atoms with E-state index in [1.165, 1.54) is 29.4 Å². The maximum atomic E-state index is 4.15. The second kappa shape index (κ2) is 10.0.